The number of aromatic hydroxyl groups is 1. The fourth-order valence-electron chi connectivity index (χ4n) is 2.59. The predicted molar refractivity (Wildman–Crippen MR) is 95.0 cm³/mol. The molecule has 0 bridgehead atoms. The van der Waals surface area contributed by atoms with Crippen LogP contribution in [-0.4, -0.2) is 21.5 Å². The lowest BCUT2D eigenvalue weighted by Gasteiger charge is -2.12. The van der Waals surface area contributed by atoms with E-state index in [0.29, 0.717) is 22.6 Å². The average Bonchev–Trinajstić information content (AvgIpc) is 2.59. The summed E-state index contributed by atoms with van der Waals surface area (Å²) in [6, 6.07) is 14.8. The Bertz CT molecular complexity index is 880. The molecule has 0 saturated carbocycles. The zero-order chi connectivity index (χ0) is 16.9. The van der Waals surface area contributed by atoms with Gasteiger partial charge in [-0.2, -0.15) is 0 Å². The molecular weight excluding hydrogens is 324 g/mol. The molecule has 0 aliphatic rings. The number of aromatic nitrogens is 1. The molecule has 0 unspecified atom stereocenters. The molecule has 0 atom stereocenters. The maximum atomic E-state index is 10.5. The minimum Gasteiger partial charge on any atom is -0.507 e. The zero-order valence-electron chi connectivity index (χ0n) is 12.7. The lowest BCUT2D eigenvalue weighted by molar-refractivity contribution is 0.321. The molecular formula is C19H15ClN2O2. The highest BCUT2D eigenvalue weighted by Gasteiger charge is 2.12. The summed E-state index contributed by atoms with van der Waals surface area (Å²) in [5, 5.41) is 23.0. The minimum atomic E-state index is 0.0496. The van der Waals surface area contributed by atoms with E-state index in [1.165, 1.54) is 6.21 Å². The zero-order valence-corrected chi connectivity index (χ0v) is 13.5. The topological polar surface area (TPSA) is 65.7 Å². The number of hydrogen-bond acceptors (Lipinski definition) is 4. The van der Waals surface area contributed by atoms with Gasteiger partial charge >= 0.3 is 0 Å². The monoisotopic (exact) mass is 338 g/mol. The molecule has 3 rings (SSSR count). The first-order valence-corrected chi connectivity index (χ1v) is 7.73. The molecule has 0 aliphatic carbocycles. The van der Waals surface area contributed by atoms with Crippen LogP contribution >= 0.6 is 11.6 Å². The van der Waals surface area contributed by atoms with Crippen LogP contribution in [0.2, 0.25) is 5.02 Å². The molecule has 2 aromatic carbocycles. The standard InChI is InChI=1S/C19H15ClN2O2/c20-17-3-1-2-15(11-17)18-10-14(8-13-4-6-21-7-5-13)9-16(12-22-24)19(18)23/h1-7,9-12,23-24H,8H2/b22-12+. The highest BCUT2D eigenvalue weighted by molar-refractivity contribution is 6.30. The van der Waals surface area contributed by atoms with Crippen LogP contribution in [0.1, 0.15) is 16.7 Å². The van der Waals surface area contributed by atoms with E-state index in [9.17, 15) is 5.11 Å². The molecule has 2 N–H and O–H groups in total. The van der Waals surface area contributed by atoms with Gasteiger partial charge in [0.1, 0.15) is 5.75 Å². The molecule has 4 nitrogen and oxygen atoms in total. The van der Waals surface area contributed by atoms with Gasteiger partial charge in [-0.25, -0.2) is 0 Å². The van der Waals surface area contributed by atoms with Crippen molar-refractivity contribution < 1.29 is 10.3 Å². The molecule has 0 radical (unpaired) electrons. The largest absolute Gasteiger partial charge is 0.507 e. The molecule has 0 amide bonds. The van der Waals surface area contributed by atoms with Gasteiger partial charge in [-0.15, -0.1) is 0 Å². The normalized spacial score (nSPS) is 11.0. The third-order valence-electron chi connectivity index (χ3n) is 3.69. The number of nitrogens with zero attached hydrogens (tertiary/aromatic N) is 2. The van der Waals surface area contributed by atoms with Crippen molar-refractivity contribution in [2.75, 3.05) is 0 Å². The minimum absolute atomic E-state index is 0.0496. The lowest BCUT2D eigenvalue weighted by Crippen LogP contribution is -1.94. The van der Waals surface area contributed by atoms with E-state index >= 15 is 0 Å². The van der Waals surface area contributed by atoms with Crippen LogP contribution in [0.3, 0.4) is 0 Å². The SMILES string of the molecule is O/N=C/c1cc(Cc2ccncc2)cc(-c2cccc(Cl)c2)c1O. The first-order valence-electron chi connectivity index (χ1n) is 7.35. The van der Waals surface area contributed by atoms with Gasteiger partial charge < -0.3 is 10.3 Å². The van der Waals surface area contributed by atoms with E-state index in [-0.39, 0.29) is 5.75 Å². The lowest BCUT2D eigenvalue weighted by atomic mass is 9.95. The van der Waals surface area contributed by atoms with Gasteiger partial charge in [-0.05, 0) is 59.5 Å². The summed E-state index contributed by atoms with van der Waals surface area (Å²) in [5.74, 6) is 0.0496. The molecule has 3 aromatic rings. The molecule has 0 spiro atoms. The van der Waals surface area contributed by atoms with Crippen molar-refractivity contribution in [2.24, 2.45) is 5.16 Å². The third kappa shape index (κ3) is 3.55. The van der Waals surface area contributed by atoms with Crippen molar-refractivity contribution >= 4 is 17.8 Å². The number of oxime groups is 1. The summed E-state index contributed by atoms with van der Waals surface area (Å²) in [5.41, 5.74) is 3.95. The number of phenols is 1. The summed E-state index contributed by atoms with van der Waals surface area (Å²) in [7, 11) is 0. The van der Waals surface area contributed by atoms with Crippen molar-refractivity contribution in [3.05, 3.63) is 82.6 Å². The van der Waals surface area contributed by atoms with Crippen molar-refractivity contribution in [1.29, 1.82) is 0 Å². The first kappa shape index (κ1) is 16.0. The van der Waals surface area contributed by atoms with E-state index in [2.05, 4.69) is 10.1 Å². The van der Waals surface area contributed by atoms with Crippen molar-refractivity contribution in [3.8, 4) is 16.9 Å². The van der Waals surface area contributed by atoms with E-state index in [4.69, 9.17) is 16.8 Å². The molecule has 0 fully saturated rings. The Labute approximate surface area is 144 Å². The molecule has 5 heteroatoms. The number of benzene rings is 2. The Kier molecular flexibility index (Phi) is 4.77. The van der Waals surface area contributed by atoms with Gasteiger partial charge in [0.05, 0.1) is 6.21 Å². The number of phenolic OH excluding ortho intramolecular Hbond substituents is 1. The van der Waals surface area contributed by atoms with Crippen LogP contribution in [0, 0.1) is 0 Å². The Morgan fingerprint density at radius 1 is 1.04 bits per heavy atom. The quantitative estimate of drug-likeness (QED) is 0.418. The van der Waals surface area contributed by atoms with Gasteiger partial charge in [-0.3, -0.25) is 4.98 Å². The summed E-state index contributed by atoms with van der Waals surface area (Å²) in [6.07, 6.45) is 5.37. The number of rotatable bonds is 4. The number of halogens is 1. The first-order chi connectivity index (χ1) is 11.7. The van der Waals surface area contributed by atoms with Crippen LogP contribution in [0.25, 0.3) is 11.1 Å². The summed E-state index contributed by atoms with van der Waals surface area (Å²) in [4.78, 5) is 4.01. The van der Waals surface area contributed by atoms with Crippen LogP contribution in [0.15, 0.2) is 66.1 Å². The van der Waals surface area contributed by atoms with Crippen LogP contribution in [0.5, 0.6) is 5.75 Å². The fraction of sp³-hybridized carbons (Fsp3) is 0.0526. The van der Waals surface area contributed by atoms with Crippen LogP contribution < -0.4 is 0 Å². The van der Waals surface area contributed by atoms with E-state index in [1.807, 2.05) is 30.3 Å². The smallest absolute Gasteiger partial charge is 0.132 e. The highest BCUT2D eigenvalue weighted by atomic mass is 35.5. The van der Waals surface area contributed by atoms with Gasteiger partial charge in [0, 0.05) is 28.5 Å². The second kappa shape index (κ2) is 7.15. The Morgan fingerprint density at radius 2 is 1.83 bits per heavy atom. The van der Waals surface area contributed by atoms with E-state index in [0.717, 1.165) is 16.7 Å². The number of hydrogen-bond donors (Lipinski definition) is 2. The van der Waals surface area contributed by atoms with Crippen molar-refractivity contribution in [1.82, 2.24) is 4.98 Å². The average molecular weight is 339 g/mol. The van der Waals surface area contributed by atoms with Gasteiger partial charge in [-0.1, -0.05) is 28.9 Å². The number of pyridine rings is 1. The summed E-state index contributed by atoms with van der Waals surface area (Å²) >= 11 is 6.06. The maximum absolute atomic E-state index is 10.5. The molecule has 0 aliphatic heterocycles. The molecule has 24 heavy (non-hydrogen) atoms. The Morgan fingerprint density at radius 3 is 2.54 bits per heavy atom. The second-order valence-corrected chi connectivity index (χ2v) is 5.80. The second-order valence-electron chi connectivity index (χ2n) is 5.37. The predicted octanol–water partition coefficient (Wildman–Crippen LogP) is 4.51. The highest BCUT2D eigenvalue weighted by Crippen LogP contribution is 2.34. The van der Waals surface area contributed by atoms with Gasteiger partial charge in [0.15, 0.2) is 0 Å². The van der Waals surface area contributed by atoms with Gasteiger partial charge in [0.2, 0.25) is 0 Å². The maximum Gasteiger partial charge on any atom is 0.132 e. The molecule has 120 valence electrons. The fourth-order valence-corrected chi connectivity index (χ4v) is 2.78. The third-order valence-corrected chi connectivity index (χ3v) is 3.92. The van der Waals surface area contributed by atoms with Crippen molar-refractivity contribution in [3.63, 3.8) is 0 Å². The molecule has 1 aromatic heterocycles. The van der Waals surface area contributed by atoms with Gasteiger partial charge in [0.25, 0.3) is 0 Å². The van der Waals surface area contributed by atoms with E-state index < -0.39 is 0 Å². The molecule has 1 heterocycles. The van der Waals surface area contributed by atoms with Crippen LogP contribution in [-0.2, 0) is 6.42 Å². The Balaban J connectivity index is 2.10. The van der Waals surface area contributed by atoms with Crippen LogP contribution in [0.4, 0.5) is 0 Å². The summed E-state index contributed by atoms with van der Waals surface area (Å²) in [6.45, 7) is 0. The van der Waals surface area contributed by atoms with E-state index in [1.54, 1.807) is 30.6 Å². The summed E-state index contributed by atoms with van der Waals surface area (Å²) < 4.78 is 0. The Hall–Kier alpha value is -2.85. The molecule has 0 saturated heterocycles. The van der Waals surface area contributed by atoms with Crippen molar-refractivity contribution in [2.45, 2.75) is 6.42 Å².